The lowest BCUT2D eigenvalue weighted by Crippen LogP contribution is -2.31. The fraction of sp³-hybridized carbons (Fsp3) is 0.421. The van der Waals surface area contributed by atoms with Gasteiger partial charge in [-0.2, -0.15) is 0 Å². The van der Waals surface area contributed by atoms with Crippen LogP contribution in [0.3, 0.4) is 0 Å². The molecule has 0 aliphatic rings. The summed E-state index contributed by atoms with van der Waals surface area (Å²) < 4.78 is 41.4. The van der Waals surface area contributed by atoms with Crippen LogP contribution in [0, 0.1) is 24.4 Å². The normalized spacial score (nSPS) is 11.3. The average molecular weight is 351 g/mol. The molecule has 0 unspecified atom stereocenters. The summed E-state index contributed by atoms with van der Waals surface area (Å²) in [6.07, 6.45) is 1.44. The second-order valence-corrected chi connectivity index (χ2v) is 5.90. The van der Waals surface area contributed by atoms with Gasteiger partial charge in [0.15, 0.2) is 11.6 Å². The number of hydrogen-bond acceptors (Lipinski definition) is 3. The van der Waals surface area contributed by atoms with Crippen molar-refractivity contribution in [3.8, 4) is 11.1 Å². The Morgan fingerprint density at radius 2 is 1.80 bits per heavy atom. The van der Waals surface area contributed by atoms with E-state index >= 15 is 0 Å². The summed E-state index contributed by atoms with van der Waals surface area (Å²) in [5, 5.41) is 3.30. The zero-order chi connectivity index (χ0) is 18.4. The first kappa shape index (κ1) is 19.4. The molecule has 1 heterocycles. The molecular formula is C19H24F3N3. The number of aromatic nitrogens is 1. The molecule has 2 aromatic rings. The molecule has 0 spiro atoms. The smallest absolute Gasteiger partial charge is 0.167 e. The molecule has 3 nitrogen and oxygen atoms in total. The molecule has 0 radical (unpaired) electrons. The average Bonchev–Trinajstić information content (AvgIpc) is 2.64. The minimum atomic E-state index is -1.16. The molecule has 0 saturated carbocycles. The molecule has 0 amide bonds. The van der Waals surface area contributed by atoms with Crippen molar-refractivity contribution in [2.75, 3.05) is 26.2 Å². The fourth-order valence-corrected chi connectivity index (χ4v) is 2.58. The minimum absolute atomic E-state index is 0.117. The molecule has 0 fully saturated rings. The molecule has 0 bridgehead atoms. The van der Waals surface area contributed by atoms with E-state index in [2.05, 4.69) is 29.0 Å². The lowest BCUT2D eigenvalue weighted by molar-refractivity contribution is 0.302. The fourth-order valence-electron chi connectivity index (χ4n) is 2.58. The Balaban J connectivity index is 2.01. The Hall–Kier alpha value is -1.92. The van der Waals surface area contributed by atoms with Crippen molar-refractivity contribution < 1.29 is 13.2 Å². The number of likely N-dealkylation sites (N-methyl/N-ethyl adjacent to an activating group) is 1. The van der Waals surface area contributed by atoms with E-state index in [0.29, 0.717) is 12.1 Å². The van der Waals surface area contributed by atoms with E-state index in [1.807, 2.05) is 0 Å². The van der Waals surface area contributed by atoms with E-state index in [4.69, 9.17) is 0 Å². The van der Waals surface area contributed by atoms with Crippen molar-refractivity contribution in [1.29, 1.82) is 0 Å². The highest BCUT2D eigenvalue weighted by Gasteiger charge is 2.17. The quantitative estimate of drug-likeness (QED) is 0.577. The number of nitrogens with one attached hydrogen (secondary N) is 1. The number of halogens is 3. The Bertz CT molecular complexity index is 698. The van der Waals surface area contributed by atoms with E-state index in [-0.39, 0.29) is 11.1 Å². The molecule has 6 heteroatoms. The van der Waals surface area contributed by atoms with Gasteiger partial charge in [0.2, 0.25) is 0 Å². The van der Waals surface area contributed by atoms with Crippen LogP contribution in [0.15, 0.2) is 24.4 Å². The van der Waals surface area contributed by atoms with Crippen LogP contribution in [-0.4, -0.2) is 36.1 Å². The van der Waals surface area contributed by atoms with Crippen LogP contribution in [0.2, 0.25) is 0 Å². The van der Waals surface area contributed by atoms with E-state index in [9.17, 15) is 13.2 Å². The van der Waals surface area contributed by atoms with Gasteiger partial charge in [-0.15, -0.1) is 0 Å². The van der Waals surface area contributed by atoms with Gasteiger partial charge in [0, 0.05) is 42.5 Å². The van der Waals surface area contributed by atoms with Crippen molar-refractivity contribution in [3.63, 3.8) is 0 Å². The van der Waals surface area contributed by atoms with E-state index in [0.717, 1.165) is 37.9 Å². The Morgan fingerprint density at radius 3 is 2.40 bits per heavy atom. The van der Waals surface area contributed by atoms with Gasteiger partial charge in [0.25, 0.3) is 0 Å². The summed E-state index contributed by atoms with van der Waals surface area (Å²) in [6, 6.07) is 4.36. The van der Waals surface area contributed by atoms with Crippen molar-refractivity contribution in [3.05, 3.63) is 53.1 Å². The molecule has 1 aromatic heterocycles. The molecule has 0 aliphatic carbocycles. The van der Waals surface area contributed by atoms with Gasteiger partial charge >= 0.3 is 0 Å². The molecule has 1 N–H and O–H groups in total. The zero-order valence-electron chi connectivity index (χ0n) is 14.9. The maximum absolute atomic E-state index is 14.0. The maximum atomic E-state index is 14.0. The van der Waals surface area contributed by atoms with Gasteiger partial charge in [-0.05, 0) is 32.1 Å². The van der Waals surface area contributed by atoms with Gasteiger partial charge in [-0.1, -0.05) is 19.9 Å². The van der Waals surface area contributed by atoms with Gasteiger partial charge in [0.05, 0.1) is 5.69 Å². The summed E-state index contributed by atoms with van der Waals surface area (Å²) in [5.74, 6) is -2.97. The molecule has 0 aliphatic heterocycles. The van der Waals surface area contributed by atoms with Gasteiger partial charge in [-0.25, -0.2) is 13.2 Å². The van der Waals surface area contributed by atoms with Crippen molar-refractivity contribution in [2.45, 2.75) is 27.3 Å². The first-order valence-electron chi connectivity index (χ1n) is 8.50. The van der Waals surface area contributed by atoms with Crippen LogP contribution in [0.1, 0.15) is 25.1 Å². The number of pyridine rings is 1. The minimum Gasteiger partial charge on any atom is -0.310 e. The molecule has 0 saturated heterocycles. The molecule has 0 atom stereocenters. The van der Waals surface area contributed by atoms with Crippen LogP contribution < -0.4 is 5.32 Å². The molecular weight excluding hydrogens is 327 g/mol. The van der Waals surface area contributed by atoms with Crippen molar-refractivity contribution in [1.82, 2.24) is 15.2 Å². The predicted molar refractivity (Wildman–Crippen MR) is 93.8 cm³/mol. The van der Waals surface area contributed by atoms with E-state index in [1.54, 1.807) is 12.1 Å². The molecule has 25 heavy (non-hydrogen) atoms. The third-order valence-electron chi connectivity index (χ3n) is 4.33. The Kier molecular flexibility index (Phi) is 6.96. The lowest BCUT2D eigenvalue weighted by Gasteiger charge is -2.17. The van der Waals surface area contributed by atoms with Crippen molar-refractivity contribution in [2.24, 2.45) is 0 Å². The van der Waals surface area contributed by atoms with E-state index < -0.39 is 17.5 Å². The predicted octanol–water partition coefficient (Wildman–Crippen LogP) is 3.91. The largest absolute Gasteiger partial charge is 0.310 e. The highest BCUT2D eigenvalue weighted by Crippen LogP contribution is 2.27. The lowest BCUT2D eigenvalue weighted by atomic mass is 10.0. The third kappa shape index (κ3) is 4.80. The second kappa shape index (κ2) is 8.97. The van der Waals surface area contributed by atoms with Crippen LogP contribution in [0.25, 0.3) is 11.1 Å². The summed E-state index contributed by atoms with van der Waals surface area (Å²) in [6.45, 7) is 9.87. The van der Waals surface area contributed by atoms with Gasteiger partial charge in [0.1, 0.15) is 5.82 Å². The third-order valence-corrected chi connectivity index (χ3v) is 4.33. The zero-order valence-corrected chi connectivity index (χ0v) is 14.9. The summed E-state index contributed by atoms with van der Waals surface area (Å²) in [5.41, 5.74) is 0.705. The second-order valence-electron chi connectivity index (χ2n) is 5.90. The van der Waals surface area contributed by atoms with Gasteiger partial charge in [-0.3, -0.25) is 4.98 Å². The number of nitrogens with zero attached hydrogens (tertiary/aromatic N) is 2. The highest BCUT2D eigenvalue weighted by molar-refractivity contribution is 5.64. The topological polar surface area (TPSA) is 28.2 Å². The Labute approximate surface area is 146 Å². The van der Waals surface area contributed by atoms with Crippen LogP contribution in [0.5, 0.6) is 0 Å². The van der Waals surface area contributed by atoms with Crippen LogP contribution >= 0.6 is 0 Å². The molecule has 1 aromatic carbocycles. The standard InChI is InChI=1S/C19H24F3N3/c1-4-25(5-2)9-8-23-12-15-7-6-14(11-24-15)16-10-17(20)13(3)18(21)19(16)22/h6-7,10-11,23H,4-5,8-9,12H2,1-3H3. The number of benzene rings is 1. The van der Waals surface area contributed by atoms with Crippen LogP contribution in [0.4, 0.5) is 13.2 Å². The number of rotatable bonds is 8. The van der Waals surface area contributed by atoms with Gasteiger partial charge < -0.3 is 10.2 Å². The summed E-state index contributed by atoms with van der Waals surface area (Å²) in [4.78, 5) is 6.56. The highest BCUT2D eigenvalue weighted by atomic mass is 19.2. The Morgan fingerprint density at radius 1 is 1.08 bits per heavy atom. The molecule has 136 valence electrons. The number of hydrogen-bond donors (Lipinski definition) is 1. The SMILES string of the molecule is CCN(CC)CCNCc1ccc(-c2cc(F)c(C)c(F)c2F)cn1. The maximum Gasteiger partial charge on any atom is 0.167 e. The summed E-state index contributed by atoms with van der Waals surface area (Å²) in [7, 11) is 0. The molecule has 2 rings (SSSR count). The first-order valence-corrected chi connectivity index (χ1v) is 8.50. The first-order chi connectivity index (χ1) is 12.0. The monoisotopic (exact) mass is 351 g/mol. The van der Waals surface area contributed by atoms with Crippen LogP contribution in [-0.2, 0) is 6.54 Å². The van der Waals surface area contributed by atoms with Crippen molar-refractivity contribution >= 4 is 0 Å². The van der Waals surface area contributed by atoms with E-state index in [1.165, 1.54) is 13.1 Å². The summed E-state index contributed by atoms with van der Waals surface area (Å²) >= 11 is 0.